The molecule has 0 atom stereocenters. The highest BCUT2D eigenvalue weighted by Gasteiger charge is 2.39. The Kier molecular flexibility index (Phi) is 6.26. The smallest absolute Gasteiger partial charge is 0.412 e. The summed E-state index contributed by atoms with van der Waals surface area (Å²) in [6.07, 6.45) is 0.975. The van der Waals surface area contributed by atoms with Gasteiger partial charge in [-0.15, -0.1) is 21.5 Å². The average molecular weight is 470 g/mol. The van der Waals surface area contributed by atoms with E-state index >= 15 is 0 Å². The van der Waals surface area contributed by atoms with Gasteiger partial charge >= 0.3 is 6.18 Å². The highest BCUT2D eigenvalue weighted by atomic mass is 32.1. The fourth-order valence-electron chi connectivity index (χ4n) is 4.34. The molecule has 0 saturated carbocycles. The van der Waals surface area contributed by atoms with Crippen molar-refractivity contribution in [3.8, 4) is 0 Å². The third-order valence-corrected chi connectivity index (χ3v) is 6.94. The van der Waals surface area contributed by atoms with Crippen LogP contribution in [0, 0.1) is 0 Å². The quantitative estimate of drug-likeness (QED) is 0.581. The molecule has 32 heavy (non-hydrogen) atoms. The molecular weight excluding hydrogens is 443 g/mol. The number of alkyl halides is 3. The molecule has 2 aliphatic rings. The second-order valence-electron chi connectivity index (χ2n) is 8.09. The van der Waals surface area contributed by atoms with E-state index in [4.69, 9.17) is 9.97 Å². The molecule has 5 heterocycles. The van der Waals surface area contributed by atoms with E-state index in [1.807, 2.05) is 4.90 Å². The number of anilines is 2. The summed E-state index contributed by atoms with van der Waals surface area (Å²) in [6.45, 7) is 4.84. The Hall–Kier alpha value is -2.47. The number of nitrogens with zero attached hydrogens (tertiary/aromatic N) is 7. The molecule has 1 fully saturated rings. The van der Waals surface area contributed by atoms with E-state index in [2.05, 4.69) is 28.1 Å². The number of aryl methyl sites for hydroxylation is 1. The second kappa shape index (κ2) is 8.81. The van der Waals surface area contributed by atoms with Gasteiger partial charge in [-0.05, 0) is 31.7 Å². The lowest BCUT2D eigenvalue weighted by Gasteiger charge is -2.31. The summed E-state index contributed by atoms with van der Waals surface area (Å²) >= 11 is 1.68. The Morgan fingerprint density at radius 3 is 2.50 bits per heavy atom. The first-order valence-corrected chi connectivity index (χ1v) is 11.6. The molecule has 1 saturated heterocycles. The van der Waals surface area contributed by atoms with Crippen LogP contribution < -0.4 is 9.80 Å². The molecule has 174 valence electrons. The molecule has 3 aromatic heterocycles. The van der Waals surface area contributed by atoms with Crippen molar-refractivity contribution in [2.24, 2.45) is 0 Å². The molecule has 2 aliphatic heterocycles. The largest absolute Gasteiger partial charge is 0.451 e. The molecule has 0 aromatic carbocycles. The summed E-state index contributed by atoms with van der Waals surface area (Å²) in [5, 5.41) is 8.20. The van der Waals surface area contributed by atoms with Crippen molar-refractivity contribution in [2.45, 2.75) is 58.3 Å². The fourth-order valence-corrected chi connectivity index (χ4v) is 5.46. The van der Waals surface area contributed by atoms with E-state index in [0.29, 0.717) is 12.4 Å². The number of rotatable bonds is 4. The van der Waals surface area contributed by atoms with Crippen molar-refractivity contribution >= 4 is 33.3 Å². The van der Waals surface area contributed by atoms with Crippen LogP contribution in [0.25, 0.3) is 10.2 Å². The van der Waals surface area contributed by atoms with Gasteiger partial charge in [0.05, 0.1) is 11.9 Å². The zero-order valence-corrected chi connectivity index (χ0v) is 18.6. The Bertz CT molecular complexity index is 1090. The van der Waals surface area contributed by atoms with Crippen LogP contribution in [-0.4, -0.2) is 49.8 Å². The van der Waals surface area contributed by atoms with Crippen molar-refractivity contribution in [1.29, 1.82) is 0 Å². The van der Waals surface area contributed by atoms with Crippen molar-refractivity contribution in [3.63, 3.8) is 0 Å². The van der Waals surface area contributed by atoms with Crippen LogP contribution in [-0.2, 0) is 25.7 Å². The van der Waals surface area contributed by atoms with Crippen LogP contribution in [0.15, 0.2) is 6.07 Å². The maximum absolute atomic E-state index is 13.2. The lowest BCUT2D eigenvalue weighted by molar-refractivity contribution is -0.147. The minimum Gasteiger partial charge on any atom is -0.412 e. The Morgan fingerprint density at radius 2 is 1.78 bits per heavy atom. The van der Waals surface area contributed by atoms with Crippen LogP contribution in [0.5, 0.6) is 0 Å². The molecule has 8 nitrogen and oxygen atoms in total. The molecule has 0 aliphatic carbocycles. The van der Waals surface area contributed by atoms with Crippen molar-refractivity contribution in [3.05, 3.63) is 22.6 Å². The number of thiophene rings is 1. The predicted octanol–water partition coefficient (Wildman–Crippen LogP) is 3.44. The zero-order chi connectivity index (χ0) is 21.6. The van der Waals surface area contributed by atoms with Gasteiger partial charge in [0.1, 0.15) is 10.6 Å². The van der Waals surface area contributed by atoms with Gasteiger partial charge in [-0.25, -0.2) is 4.98 Å². The summed E-state index contributed by atoms with van der Waals surface area (Å²) < 4.78 is 40.8. The summed E-state index contributed by atoms with van der Waals surface area (Å²) in [5.41, 5.74) is 0. The Balaban J connectivity index is 0.00000245. The first-order chi connectivity index (χ1) is 14.9. The number of hydrogen-bond donors (Lipinski definition) is 0. The van der Waals surface area contributed by atoms with Crippen LogP contribution in [0.2, 0.25) is 0 Å². The molecular formula is C20H26F3N7OS. The van der Waals surface area contributed by atoms with Gasteiger partial charge in [0.2, 0.25) is 11.8 Å². The first-order valence-electron chi connectivity index (χ1n) is 10.7. The lowest BCUT2D eigenvalue weighted by Crippen LogP contribution is -2.37. The molecule has 0 amide bonds. The number of piperidine rings is 1. The standard InChI is InChI=1S/C20H24F3N7S.H2O/c1-2-6-13-11-14-16(24-19(25-17(14)31-13)28-7-4-3-5-8-28)29-9-10-30-15(12-29)26-27-18(30)20(21,22)23;/h11H,2-10,12H2,1H3;1H2. The first kappa shape index (κ1) is 22.7. The van der Waals surface area contributed by atoms with Gasteiger partial charge < -0.3 is 19.8 Å². The summed E-state index contributed by atoms with van der Waals surface area (Å²) in [5.74, 6) is 0.890. The monoisotopic (exact) mass is 469 g/mol. The third kappa shape index (κ3) is 4.13. The Labute approximate surface area is 187 Å². The highest BCUT2D eigenvalue weighted by molar-refractivity contribution is 7.18. The van der Waals surface area contributed by atoms with E-state index < -0.39 is 12.0 Å². The van der Waals surface area contributed by atoms with E-state index in [9.17, 15) is 13.2 Å². The molecule has 0 bridgehead atoms. The fraction of sp³-hybridized carbons (Fsp3) is 0.600. The van der Waals surface area contributed by atoms with E-state index in [1.54, 1.807) is 11.3 Å². The number of fused-ring (bicyclic) bond motifs is 2. The number of aromatic nitrogens is 5. The molecule has 12 heteroatoms. The van der Waals surface area contributed by atoms with Gasteiger partial charge in [0.15, 0.2) is 5.82 Å². The maximum atomic E-state index is 13.2. The topological polar surface area (TPSA) is 94.5 Å². The van der Waals surface area contributed by atoms with Crippen LogP contribution >= 0.6 is 11.3 Å². The average Bonchev–Trinajstić information content (AvgIpc) is 3.37. The second-order valence-corrected chi connectivity index (χ2v) is 9.20. The van der Waals surface area contributed by atoms with Crippen molar-refractivity contribution in [2.75, 3.05) is 29.4 Å². The van der Waals surface area contributed by atoms with Gasteiger partial charge in [-0.3, -0.25) is 0 Å². The summed E-state index contributed by atoms with van der Waals surface area (Å²) in [4.78, 5) is 16.2. The predicted molar refractivity (Wildman–Crippen MR) is 117 cm³/mol. The minimum absolute atomic E-state index is 0. The van der Waals surface area contributed by atoms with Crippen LogP contribution in [0.4, 0.5) is 24.9 Å². The SMILES string of the molecule is CCCc1cc2c(N3CCn4c(nnc4C(F)(F)F)C3)nc(N3CCCCC3)nc2s1.O. The van der Waals surface area contributed by atoms with Crippen molar-refractivity contribution < 1.29 is 18.6 Å². The molecule has 2 N–H and O–H groups in total. The van der Waals surface area contributed by atoms with E-state index in [-0.39, 0.29) is 18.6 Å². The molecule has 5 rings (SSSR count). The molecule has 0 unspecified atom stereocenters. The molecule has 3 aromatic rings. The van der Waals surface area contributed by atoms with E-state index in [1.165, 1.54) is 15.9 Å². The Morgan fingerprint density at radius 1 is 1.00 bits per heavy atom. The van der Waals surface area contributed by atoms with Crippen LogP contribution in [0.1, 0.15) is 49.1 Å². The van der Waals surface area contributed by atoms with Crippen molar-refractivity contribution in [1.82, 2.24) is 24.7 Å². The van der Waals surface area contributed by atoms with Crippen LogP contribution in [0.3, 0.4) is 0 Å². The normalized spacial score (nSPS) is 16.9. The molecule has 0 spiro atoms. The van der Waals surface area contributed by atoms with Gasteiger partial charge in [0.25, 0.3) is 0 Å². The molecule has 0 radical (unpaired) electrons. The number of halogens is 3. The summed E-state index contributed by atoms with van der Waals surface area (Å²) in [7, 11) is 0. The summed E-state index contributed by atoms with van der Waals surface area (Å²) in [6, 6.07) is 2.14. The third-order valence-electron chi connectivity index (χ3n) is 5.85. The van der Waals surface area contributed by atoms with Gasteiger partial charge in [-0.1, -0.05) is 13.3 Å². The van der Waals surface area contributed by atoms with Gasteiger partial charge in [0, 0.05) is 31.1 Å². The minimum atomic E-state index is -4.50. The lowest BCUT2D eigenvalue weighted by atomic mass is 10.1. The zero-order valence-electron chi connectivity index (χ0n) is 17.8. The van der Waals surface area contributed by atoms with Gasteiger partial charge in [-0.2, -0.15) is 18.2 Å². The van der Waals surface area contributed by atoms with E-state index in [0.717, 1.165) is 60.8 Å². The number of hydrogen-bond acceptors (Lipinski definition) is 7. The highest BCUT2D eigenvalue weighted by Crippen LogP contribution is 2.36. The maximum Gasteiger partial charge on any atom is 0.451 e.